The number of anilines is 2. The number of likely N-dealkylation sites (tertiary alicyclic amines) is 1. The molecule has 0 saturated carbocycles. The number of ether oxygens (including phenoxy) is 1. The first-order valence-electron chi connectivity index (χ1n) is 14.2. The lowest BCUT2D eigenvalue weighted by atomic mass is 10.1. The van der Waals surface area contributed by atoms with Crippen molar-refractivity contribution in [3.8, 4) is 12.1 Å². The van der Waals surface area contributed by atoms with Crippen molar-refractivity contribution in [3.63, 3.8) is 0 Å². The number of likely N-dealkylation sites (N-methyl/N-ethyl adjacent to an activating group) is 1. The molecule has 5 rings (SSSR count). The normalized spacial score (nSPS) is 21.5. The Labute approximate surface area is 242 Å². The van der Waals surface area contributed by atoms with Crippen molar-refractivity contribution in [2.24, 2.45) is 0 Å². The minimum absolute atomic E-state index is 0.140. The summed E-state index contributed by atoms with van der Waals surface area (Å²) >= 11 is 6.49. The monoisotopic (exact) mass is 563 g/mol. The Kier molecular flexibility index (Phi) is 8.77. The molecule has 9 nitrogen and oxygen atoms in total. The molecule has 40 heavy (non-hydrogen) atoms. The summed E-state index contributed by atoms with van der Waals surface area (Å²) in [7, 11) is 2.13. The average Bonchev–Trinajstić information content (AvgIpc) is 3.25. The number of fused-ring (bicyclic) bond motifs is 1. The van der Waals surface area contributed by atoms with E-state index >= 15 is 0 Å². The molecule has 0 bridgehead atoms. The van der Waals surface area contributed by atoms with Gasteiger partial charge in [0.15, 0.2) is 0 Å². The lowest BCUT2D eigenvalue weighted by molar-refractivity contribution is -0.128. The van der Waals surface area contributed by atoms with Gasteiger partial charge in [0.1, 0.15) is 12.4 Å². The molecule has 10 heteroatoms. The maximum absolute atomic E-state index is 12.5. The fourth-order valence-electron chi connectivity index (χ4n) is 6.15. The van der Waals surface area contributed by atoms with Gasteiger partial charge in [-0.25, -0.2) is 0 Å². The second kappa shape index (κ2) is 12.4. The summed E-state index contributed by atoms with van der Waals surface area (Å²) in [5, 5.41) is 10.3. The van der Waals surface area contributed by atoms with Crippen LogP contribution in [0.4, 0.5) is 11.5 Å². The van der Waals surface area contributed by atoms with Crippen LogP contribution >= 0.6 is 11.6 Å². The molecule has 0 N–H and O–H groups in total. The molecule has 4 heterocycles. The van der Waals surface area contributed by atoms with E-state index in [2.05, 4.69) is 47.4 Å². The zero-order valence-electron chi connectivity index (χ0n) is 23.5. The second-order valence-electron chi connectivity index (χ2n) is 10.9. The van der Waals surface area contributed by atoms with E-state index in [-0.39, 0.29) is 18.4 Å². The van der Waals surface area contributed by atoms with Crippen molar-refractivity contribution < 1.29 is 9.53 Å². The molecule has 2 saturated heterocycles. The molecule has 0 aliphatic carbocycles. The number of aromatic nitrogens is 2. The third kappa shape index (κ3) is 5.89. The fourth-order valence-corrected chi connectivity index (χ4v) is 6.32. The number of benzene rings is 1. The molecule has 2 atom stereocenters. The smallest absolute Gasteiger partial charge is 0.318 e. The van der Waals surface area contributed by atoms with Crippen molar-refractivity contribution >= 4 is 29.0 Å². The van der Waals surface area contributed by atoms with E-state index in [9.17, 15) is 10.1 Å². The van der Waals surface area contributed by atoms with E-state index in [0.717, 1.165) is 65.7 Å². The number of piperazine rings is 1. The number of hydrogen-bond acceptors (Lipinski definition) is 8. The van der Waals surface area contributed by atoms with Crippen LogP contribution in [0.25, 0.3) is 0 Å². The van der Waals surface area contributed by atoms with Gasteiger partial charge in [0.25, 0.3) is 0 Å². The van der Waals surface area contributed by atoms with E-state index in [4.69, 9.17) is 26.3 Å². The number of amides is 1. The highest BCUT2D eigenvalue weighted by Gasteiger charge is 2.33. The first kappa shape index (κ1) is 28.2. The molecule has 0 spiro atoms. The Hall–Kier alpha value is -3.35. The Morgan fingerprint density at radius 2 is 2.05 bits per heavy atom. The van der Waals surface area contributed by atoms with E-state index in [1.54, 1.807) is 4.90 Å². The summed E-state index contributed by atoms with van der Waals surface area (Å²) in [6, 6.07) is 8.80. The molecule has 0 radical (unpaired) electrons. The third-order valence-electron chi connectivity index (χ3n) is 8.47. The third-order valence-corrected chi connectivity index (χ3v) is 8.88. The maximum Gasteiger partial charge on any atom is 0.318 e. The molecular weight excluding hydrogens is 526 g/mol. The van der Waals surface area contributed by atoms with Crippen molar-refractivity contribution in [2.45, 2.75) is 57.7 Å². The van der Waals surface area contributed by atoms with Crippen LogP contribution < -0.4 is 14.5 Å². The quantitative estimate of drug-likeness (QED) is 0.467. The number of carbonyl (C=O) groups excluding carboxylic acids is 1. The van der Waals surface area contributed by atoms with Gasteiger partial charge >= 0.3 is 6.01 Å². The van der Waals surface area contributed by atoms with Gasteiger partial charge in [-0.15, -0.1) is 0 Å². The molecular formula is C30H38ClN7O2. The molecule has 2 fully saturated rings. The first-order chi connectivity index (χ1) is 19.4. The van der Waals surface area contributed by atoms with E-state index in [1.165, 1.54) is 12.5 Å². The minimum Gasteiger partial charge on any atom is -0.462 e. The van der Waals surface area contributed by atoms with Crippen LogP contribution in [0.3, 0.4) is 0 Å². The van der Waals surface area contributed by atoms with Gasteiger partial charge in [0.2, 0.25) is 5.91 Å². The van der Waals surface area contributed by atoms with E-state index in [1.807, 2.05) is 12.1 Å². The highest BCUT2D eigenvalue weighted by molar-refractivity contribution is 6.31. The van der Waals surface area contributed by atoms with Crippen molar-refractivity contribution in [3.05, 3.63) is 52.7 Å². The SMILES string of the molecule is C=CC(=O)N1CCN(c2nc(OC[C@@H]3CCCN3C)nc3c2CCCN(c2cccc(Cl)c2C)C3)CC1CC#N. The lowest BCUT2D eigenvalue weighted by Crippen LogP contribution is -2.55. The second-order valence-corrected chi connectivity index (χ2v) is 11.4. The lowest BCUT2D eigenvalue weighted by Gasteiger charge is -2.41. The molecule has 1 amide bonds. The van der Waals surface area contributed by atoms with Gasteiger partial charge < -0.3 is 24.3 Å². The van der Waals surface area contributed by atoms with Crippen molar-refractivity contribution in [1.29, 1.82) is 5.26 Å². The molecule has 3 aliphatic rings. The van der Waals surface area contributed by atoms with Crippen LogP contribution in [0, 0.1) is 18.3 Å². The van der Waals surface area contributed by atoms with Crippen LogP contribution in [0.15, 0.2) is 30.9 Å². The number of halogens is 1. The molecule has 3 aliphatic heterocycles. The number of nitrogens with zero attached hydrogens (tertiary/aromatic N) is 7. The van der Waals surface area contributed by atoms with Gasteiger partial charge in [0, 0.05) is 48.5 Å². The van der Waals surface area contributed by atoms with Gasteiger partial charge in [-0.3, -0.25) is 4.79 Å². The van der Waals surface area contributed by atoms with Crippen molar-refractivity contribution in [2.75, 3.05) is 56.2 Å². The predicted octanol–water partition coefficient (Wildman–Crippen LogP) is 3.98. The Bertz CT molecular complexity index is 1300. The van der Waals surface area contributed by atoms with Crippen LogP contribution in [-0.4, -0.2) is 84.1 Å². The fraction of sp³-hybridized carbons (Fsp3) is 0.533. The van der Waals surface area contributed by atoms with Crippen LogP contribution in [0.1, 0.15) is 42.5 Å². The zero-order valence-corrected chi connectivity index (χ0v) is 24.2. The van der Waals surface area contributed by atoms with Gasteiger partial charge in [-0.1, -0.05) is 24.2 Å². The minimum atomic E-state index is -0.234. The largest absolute Gasteiger partial charge is 0.462 e. The Morgan fingerprint density at radius 3 is 2.80 bits per heavy atom. The molecule has 1 aromatic carbocycles. The molecule has 1 unspecified atom stereocenters. The maximum atomic E-state index is 12.5. The Morgan fingerprint density at radius 1 is 1.20 bits per heavy atom. The van der Waals surface area contributed by atoms with E-state index < -0.39 is 0 Å². The number of hydrogen-bond donors (Lipinski definition) is 0. The molecule has 2 aromatic rings. The number of rotatable bonds is 7. The topological polar surface area (TPSA) is 88.8 Å². The highest BCUT2D eigenvalue weighted by atomic mass is 35.5. The standard InChI is InChI=1S/C30H38ClN7O2/c1-4-28(39)38-17-16-37(18-22(38)12-13-32)29-24-9-7-15-36(27-11-5-10-25(31)21(27)2)19-26(24)33-30(34-29)40-20-23-8-6-14-35(23)3/h4-5,10-11,22-23H,1,6-9,12,14-20H2,2-3H3/t22?,23-/m0/s1. The average molecular weight is 564 g/mol. The molecule has 1 aromatic heterocycles. The van der Waals surface area contributed by atoms with Crippen LogP contribution in [0.5, 0.6) is 6.01 Å². The predicted molar refractivity (Wildman–Crippen MR) is 157 cm³/mol. The van der Waals surface area contributed by atoms with Crippen LogP contribution in [-0.2, 0) is 17.8 Å². The summed E-state index contributed by atoms with van der Waals surface area (Å²) in [6.07, 6.45) is 5.63. The molecule has 212 valence electrons. The Balaban J connectivity index is 1.49. The van der Waals surface area contributed by atoms with Crippen LogP contribution in [0.2, 0.25) is 5.02 Å². The van der Waals surface area contributed by atoms with Crippen molar-refractivity contribution in [1.82, 2.24) is 19.8 Å². The first-order valence-corrected chi connectivity index (χ1v) is 14.5. The summed E-state index contributed by atoms with van der Waals surface area (Å²) in [4.78, 5) is 31.1. The number of nitriles is 1. The highest BCUT2D eigenvalue weighted by Crippen LogP contribution is 2.34. The van der Waals surface area contributed by atoms with Gasteiger partial charge in [0.05, 0.1) is 30.8 Å². The van der Waals surface area contributed by atoms with E-state index in [0.29, 0.717) is 44.8 Å². The van der Waals surface area contributed by atoms with Gasteiger partial charge in [-0.2, -0.15) is 15.2 Å². The number of carbonyl (C=O) groups is 1. The zero-order chi connectivity index (χ0) is 28.2. The summed E-state index contributed by atoms with van der Waals surface area (Å²) < 4.78 is 6.27. The van der Waals surface area contributed by atoms with Gasteiger partial charge in [-0.05, 0) is 70.0 Å². The summed E-state index contributed by atoms with van der Waals surface area (Å²) in [5.41, 5.74) is 4.25. The summed E-state index contributed by atoms with van der Waals surface area (Å²) in [5.74, 6) is 0.719. The summed E-state index contributed by atoms with van der Waals surface area (Å²) in [6.45, 7) is 10.5.